The molecule has 62 heavy (non-hydrogen) atoms. The van der Waals surface area contributed by atoms with Gasteiger partial charge in [-0.3, -0.25) is 9.80 Å². The van der Waals surface area contributed by atoms with Crippen LogP contribution in [0.3, 0.4) is 0 Å². The second kappa shape index (κ2) is 18.7. The number of likely N-dealkylation sites (N-methyl/N-ethyl adjacent to an activating group) is 1. The van der Waals surface area contributed by atoms with E-state index in [1.165, 1.54) is 29.8 Å². The zero-order valence-electron chi connectivity index (χ0n) is 34.9. The number of aliphatic carboxylic acids is 1. The molecule has 2 atom stereocenters. The number of ether oxygens (including phenoxy) is 3. The molecule has 2 saturated heterocycles. The minimum atomic E-state index is -1.35. The number of carbonyl (C=O) groups is 1. The maximum atomic E-state index is 14.2. The second-order valence-corrected chi connectivity index (χ2v) is 17.8. The number of hydrogen-bond acceptors (Lipinski definition) is 12. The van der Waals surface area contributed by atoms with Gasteiger partial charge >= 0.3 is 5.97 Å². The van der Waals surface area contributed by atoms with Crippen molar-refractivity contribution < 1.29 is 28.5 Å². The molecular formula is C47H49ClFN7O5S. The zero-order chi connectivity index (χ0) is 42.7. The molecule has 6 aromatic rings. The second-order valence-electron chi connectivity index (χ2n) is 16.4. The summed E-state index contributed by atoms with van der Waals surface area (Å²) in [5.41, 5.74) is 6.56. The first-order valence-electron chi connectivity index (χ1n) is 21.2. The molecule has 15 heteroatoms. The van der Waals surface area contributed by atoms with Crippen LogP contribution in [0.5, 0.6) is 11.6 Å². The minimum Gasteiger partial charge on any atom is -0.487 e. The van der Waals surface area contributed by atoms with Crippen LogP contribution in [0.25, 0.3) is 31.8 Å². The van der Waals surface area contributed by atoms with Gasteiger partial charge in [0.15, 0.2) is 5.82 Å². The van der Waals surface area contributed by atoms with Crippen molar-refractivity contribution in [3.05, 3.63) is 118 Å². The van der Waals surface area contributed by atoms with E-state index >= 15 is 0 Å². The molecule has 0 aliphatic carbocycles. The third-order valence-electron chi connectivity index (χ3n) is 12.1. The zero-order valence-corrected chi connectivity index (χ0v) is 36.4. The Balaban J connectivity index is 1.13. The van der Waals surface area contributed by atoms with Gasteiger partial charge in [0.05, 0.1) is 11.1 Å². The molecule has 7 heterocycles. The van der Waals surface area contributed by atoms with Gasteiger partial charge in [-0.2, -0.15) is 0 Å². The lowest BCUT2D eigenvalue weighted by Crippen LogP contribution is -2.46. The molecule has 4 bridgehead atoms. The SMILES string of the molecule is Cc1c2ccc(c1Cl)CN(CCN1CCN(C)CC1)Cc1ccc(OCc3ccnc([C@H]4CCCCO4)n3)c(c1)C[C@H](C(=O)O)Oc1ncnc3sc(-c4ccc(F)cc4)c-2c13. The lowest BCUT2D eigenvalue weighted by molar-refractivity contribution is -0.145. The summed E-state index contributed by atoms with van der Waals surface area (Å²) in [7, 11) is 2.16. The quantitative estimate of drug-likeness (QED) is 0.150. The molecule has 0 unspecified atom stereocenters. The van der Waals surface area contributed by atoms with E-state index in [2.05, 4.69) is 48.8 Å². The summed E-state index contributed by atoms with van der Waals surface area (Å²) in [5, 5.41) is 12.0. The van der Waals surface area contributed by atoms with Crippen LogP contribution in [0.15, 0.2) is 73.2 Å². The Morgan fingerprint density at radius 3 is 2.58 bits per heavy atom. The normalized spacial score (nSPS) is 19.1. The van der Waals surface area contributed by atoms with Crippen molar-refractivity contribution in [2.24, 2.45) is 0 Å². The van der Waals surface area contributed by atoms with Crippen molar-refractivity contribution in [3.8, 4) is 33.2 Å². The van der Waals surface area contributed by atoms with E-state index < -0.39 is 12.1 Å². The van der Waals surface area contributed by atoms with Gasteiger partial charge in [-0.05, 0) is 90.9 Å². The van der Waals surface area contributed by atoms with Crippen LogP contribution in [0.4, 0.5) is 4.39 Å². The summed E-state index contributed by atoms with van der Waals surface area (Å²) in [6, 6.07) is 18.3. The van der Waals surface area contributed by atoms with Crippen LogP contribution < -0.4 is 9.47 Å². The maximum Gasteiger partial charge on any atom is 0.345 e. The summed E-state index contributed by atoms with van der Waals surface area (Å²) in [6.45, 7) is 9.75. The first kappa shape index (κ1) is 42.2. The first-order valence-corrected chi connectivity index (χ1v) is 22.4. The highest BCUT2D eigenvalue weighted by molar-refractivity contribution is 7.22. The molecule has 3 aromatic carbocycles. The number of nitrogens with zero attached hydrogens (tertiary/aromatic N) is 7. The summed E-state index contributed by atoms with van der Waals surface area (Å²) < 4.78 is 33.2. The monoisotopic (exact) mass is 877 g/mol. The van der Waals surface area contributed by atoms with Crippen LogP contribution >= 0.6 is 22.9 Å². The van der Waals surface area contributed by atoms with Gasteiger partial charge in [0.25, 0.3) is 0 Å². The molecule has 4 aliphatic rings. The molecule has 0 amide bonds. The van der Waals surface area contributed by atoms with Crippen molar-refractivity contribution in [2.75, 3.05) is 52.9 Å². The Morgan fingerprint density at radius 2 is 1.79 bits per heavy atom. The topological polar surface area (TPSA) is 126 Å². The third kappa shape index (κ3) is 9.31. The number of carboxylic acids is 1. The highest BCUT2D eigenvalue weighted by Crippen LogP contribution is 2.49. The molecule has 0 spiro atoms. The lowest BCUT2D eigenvalue weighted by Gasteiger charge is -2.34. The molecule has 12 nitrogen and oxygen atoms in total. The number of carboxylic acid groups (broad SMARTS) is 1. The number of fused-ring (bicyclic) bond motifs is 6. The Hall–Kier alpha value is -5.09. The average Bonchev–Trinajstić information content (AvgIpc) is 3.67. The van der Waals surface area contributed by atoms with Gasteiger partial charge in [0.1, 0.15) is 35.4 Å². The third-order valence-corrected chi connectivity index (χ3v) is 13.7. The number of thiophene rings is 1. The maximum absolute atomic E-state index is 14.2. The van der Waals surface area contributed by atoms with Crippen LogP contribution in [0.2, 0.25) is 5.02 Å². The van der Waals surface area contributed by atoms with E-state index in [1.807, 2.05) is 31.2 Å². The number of aromatic nitrogens is 4. The fraction of sp³-hybridized carbons (Fsp3) is 0.383. The van der Waals surface area contributed by atoms with Gasteiger partial charge in [-0.15, -0.1) is 11.3 Å². The summed E-state index contributed by atoms with van der Waals surface area (Å²) in [5.74, 6) is -0.216. The van der Waals surface area contributed by atoms with Gasteiger partial charge in [0.2, 0.25) is 12.0 Å². The van der Waals surface area contributed by atoms with Gasteiger partial charge in [-0.25, -0.2) is 29.1 Å². The van der Waals surface area contributed by atoms with E-state index in [4.69, 9.17) is 30.8 Å². The molecule has 1 N–H and O–H groups in total. The van der Waals surface area contributed by atoms with Crippen LogP contribution in [-0.4, -0.2) is 105 Å². The highest BCUT2D eigenvalue weighted by atomic mass is 35.5. The fourth-order valence-corrected chi connectivity index (χ4v) is 9.93. The molecule has 2 fully saturated rings. The van der Waals surface area contributed by atoms with Crippen LogP contribution in [-0.2, 0) is 35.6 Å². The lowest BCUT2D eigenvalue weighted by atomic mass is 9.94. The fourth-order valence-electron chi connectivity index (χ4n) is 8.55. The Kier molecular flexibility index (Phi) is 12.7. The molecule has 322 valence electrons. The Bertz CT molecular complexity index is 2560. The molecule has 0 saturated carbocycles. The van der Waals surface area contributed by atoms with Gasteiger partial charge < -0.3 is 24.2 Å². The number of hydrogen-bond donors (Lipinski definition) is 1. The van der Waals surface area contributed by atoms with Crippen molar-refractivity contribution in [1.82, 2.24) is 34.6 Å². The van der Waals surface area contributed by atoms with E-state index in [0.29, 0.717) is 57.8 Å². The average molecular weight is 878 g/mol. The molecule has 3 aromatic heterocycles. The number of rotatable bonds is 9. The molecule has 0 radical (unpaired) electrons. The summed E-state index contributed by atoms with van der Waals surface area (Å²) >= 11 is 8.78. The molecule has 10 rings (SSSR count). The number of halogens is 2. The summed E-state index contributed by atoms with van der Waals surface area (Å²) in [6.07, 6.45) is 4.56. The molecule has 4 aliphatic heterocycles. The number of piperazine rings is 1. The predicted molar refractivity (Wildman–Crippen MR) is 237 cm³/mol. The van der Waals surface area contributed by atoms with E-state index in [9.17, 15) is 14.3 Å². The number of benzene rings is 3. The molecular weight excluding hydrogens is 829 g/mol. The van der Waals surface area contributed by atoms with Crippen molar-refractivity contribution in [3.63, 3.8) is 0 Å². The van der Waals surface area contributed by atoms with Crippen LogP contribution in [0, 0.1) is 12.7 Å². The van der Waals surface area contributed by atoms with Crippen molar-refractivity contribution in [2.45, 2.75) is 64.5 Å². The Morgan fingerprint density at radius 1 is 0.968 bits per heavy atom. The van der Waals surface area contributed by atoms with E-state index in [1.54, 1.807) is 18.3 Å². The highest BCUT2D eigenvalue weighted by Gasteiger charge is 2.29. The van der Waals surface area contributed by atoms with Crippen molar-refractivity contribution in [1.29, 1.82) is 0 Å². The van der Waals surface area contributed by atoms with E-state index in [0.717, 1.165) is 96.8 Å². The Labute approximate surface area is 369 Å². The van der Waals surface area contributed by atoms with Gasteiger partial charge in [0, 0.05) is 87.0 Å². The van der Waals surface area contributed by atoms with Gasteiger partial charge in [-0.1, -0.05) is 48.0 Å². The van der Waals surface area contributed by atoms with E-state index in [-0.39, 0.29) is 30.8 Å². The summed E-state index contributed by atoms with van der Waals surface area (Å²) in [4.78, 5) is 40.4. The van der Waals surface area contributed by atoms with Crippen LogP contribution in [0.1, 0.15) is 59.1 Å². The minimum absolute atomic E-state index is 0.0147. The van der Waals surface area contributed by atoms with Crippen molar-refractivity contribution >= 4 is 39.1 Å². The first-order chi connectivity index (χ1) is 30.2. The smallest absolute Gasteiger partial charge is 0.345 e. The standard InChI is InChI=1S/C47H49ClFN7O5S/c1-29-36-12-9-32(42(29)48)26-56(21-20-55-18-16-54(2)17-19-55)25-30-6-13-37(60-27-35-14-15-50-44(53-35)38-5-3-4-22-59-38)33(23-30)24-39(47(57)58)61-45-41-40(36)43(62-46(41)52-28-51-45)31-7-10-34(49)11-8-31/h6-15,23,28,38-39H,3-5,16-22,24-27H2,1-2H3,(H,57,58)/t38-,39-/m1/s1. The largest absolute Gasteiger partial charge is 0.487 e. The predicted octanol–water partition coefficient (Wildman–Crippen LogP) is 8.37.